The number of anilines is 2. The van der Waals surface area contributed by atoms with E-state index in [2.05, 4.69) is 16.0 Å². The molecule has 176 valence electrons. The van der Waals surface area contributed by atoms with Crippen molar-refractivity contribution in [3.05, 3.63) is 95.1 Å². The minimum absolute atomic E-state index is 0.00128. The second kappa shape index (κ2) is 10.7. The number of hydrogen-bond acceptors (Lipinski definition) is 3. The van der Waals surface area contributed by atoms with Crippen molar-refractivity contribution in [2.45, 2.75) is 19.5 Å². The number of benzene rings is 3. The van der Waals surface area contributed by atoms with Crippen LogP contribution in [0.4, 0.5) is 24.5 Å². The zero-order valence-electron chi connectivity index (χ0n) is 18.2. The molecular formula is C25H22F3N3O3. The summed E-state index contributed by atoms with van der Waals surface area (Å²) < 4.78 is 38.6. The third-order valence-corrected chi connectivity index (χ3v) is 4.77. The first-order chi connectivity index (χ1) is 16.1. The minimum atomic E-state index is -4.52. The summed E-state index contributed by atoms with van der Waals surface area (Å²) in [6, 6.07) is 17.4. The van der Waals surface area contributed by atoms with Gasteiger partial charge < -0.3 is 16.0 Å². The van der Waals surface area contributed by atoms with E-state index in [1.54, 1.807) is 24.3 Å². The van der Waals surface area contributed by atoms with Crippen LogP contribution in [0.2, 0.25) is 0 Å². The number of nitrogens with one attached hydrogen (secondary N) is 3. The number of aryl methyl sites for hydroxylation is 1. The van der Waals surface area contributed by atoms with Gasteiger partial charge in [0.1, 0.15) is 0 Å². The average Bonchev–Trinajstić information content (AvgIpc) is 2.79. The molecule has 0 radical (unpaired) electrons. The van der Waals surface area contributed by atoms with E-state index in [1.165, 1.54) is 30.3 Å². The molecule has 0 saturated carbocycles. The summed E-state index contributed by atoms with van der Waals surface area (Å²) in [6.45, 7) is 1.99. The second-order valence-electron chi connectivity index (χ2n) is 7.54. The van der Waals surface area contributed by atoms with Gasteiger partial charge in [0.2, 0.25) is 5.91 Å². The van der Waals surface area contributed by atoms with Gasteiger partial charge in [0.05, 0.1) is 5.56 Å². The molecule has 0 unspecified atom stereocenters. The van der Waals surface area contributed by atoms with Crippen LogP contribution < -0.4 is 16.0 Å². The van der Waals surface area contributed by atoms with E-state index in [-0.39, 0.29) is 36.0 Å². The Balaban J connectivity index is 1.54. The first kappa shape index (κ1) is 24.5. The van der Waals surface area contributed by atoms with E-state index in [9.17, 15) is 27.6 Å². The molecule has 3 N–H and O–H groups in total. The molecule has 3 rings (SSSR count). The molecule has 3 amide bonds. The summed E-state index contributed by atoms with van der Waals surface area (Å²) in [4.78, 5) is 36.8. The topological polar surface area (TPSA) is 87.3 Å². The van der Waals surface area contributed by atoms with Gasteiger partial charge in [0, 0.05) is 35.5 Å². The smallest absolute Gasteiger partial charge is 0.352 e. The molecule has 34 heavy (non-hydrogen) atoms. The Bertz CT molecular complexity index is 1210. The maximum absolute atomic E-state index is 12.9. The van der Waals surface area contributed by atoms with Gasteiger partial charge in [-0.25, -0.2) is 0 Å². The largest absolute Gasteiger partial charge is 0.416 e. The van der Waals surface area contributed by atoms with Crippen LogP contribution in [0.25, 0.3) is 0 Å². The van der Waals surface area contributed by atoms with Crippen molar-refractivity contribution in [3.8, 4) is 0 Å². The van der Waals surface area contributed by atoms with Crippen molar-refractivity contribution in [1.82, 2.24) is 5.32 Å². The Morgan fingerprint density at radius 3 is 2.06 bits per heavy atom. The standard InChI is InChI=1S/C25H22F3N3O3/c1-16-5-2-6-17(13-16)23(33)29-12-11-22(32)30-20-9-3-7-18(14-20)24(34)31-21-10-4-8-19(15-21)25(26,27)28/h2-10,13-15H,11-12H2,1H3,(H,29,33)(H,30,32)(H,31,34). The van der Waals surface area contributed by atoms with Crippen molar-refractivity contribution < 1.29 is 27.6 Å². The van der Waals surface area contributed by atoms with Gasteiger partial charge in [-0.2, -0.15) is 13.2 Å². The van der Waals surface area contributed by atoms with Crippen LogP contribution in [0.3, 0.4) is 0 Å². The van der Waals surface area contributed by atoms with Crippen LogP contribution in [0.1, 0.15) is 38.3 Å². The molecule has 3 aromatic carbocycles. The summed E-state index contributed by atoms with van der Waals surface area (Å²) in [7, 11) is 0. The Labute approximate surface area is 194 Å². The molecule has 0 aliphatic rings. The lowest BCUT2D eigenvalue weighted by Crippen LogP contribution is -2.27. The molecule has 0 saturated heterocycles. The number of halogens is 3. The van der Waals surface area contributed by atoms with Gasteiger partial charge in [-0.3, -0.25) is 14.4 Å². The number of carbonyl (C=O) groups is 3. The molecule has 0 bridgehead atoms. The Morgan fingerprint density at radius 2 is 1.38 bits per heavy atom. The van der Waals surface area contributed by atoms with E-state index in [0.717, 1.165) is 17.7 Å². The fourth-order valence-corrected chi connectivity index (χ4v) is 3.12. The number of hydrogen-bond donors (Lipinski definition) is 3. The summed E-state index contributed by atoms with van der Waals surface area (Å²) in [5.41, 5.74) is 1.07. The predicted octanol–water partition coefficient (Wildman–Crippen LogP) is 5.02. The molecular weight excluding hydrogens is 447 g/mol. The summed E-state index contributed by atoms with van der Waals surface area (Å²) in [6.07, 6.45) is -4.51. The van der Waals surface area contributed by atoms with Crippen LogP contribution in [0, 0.1) is 6.92 Å². The molecule has 0 aliphatic carbocycles. The van der Waals surface area contributed by atoms with E-state index in [4.69, 9.17) is 0 Å². The minimum Gasteiger partial charge on any atom is -0.352 e. The highest BCUT2D eigenvalue weighted by molar-refractivity contribution is 6.05. The SMILES string of the molecule is Cc1cccc(C(=O)NCCC(=O)Nc2cccc(C(=O)Nc3cccc(C(F)(F)F)c3)c2)c1. The highest BCUT2D eigenvalue weighted by Crippen LogP contribution is 2.30. The summed E-state index contributed by atoms with van der Waals surface area (Å²) >= 11 is 0. The normalized spacial score (nSPS) is 10.9. The van der Waals surface area contributed by atoms with Gasteiger partial charge in [-0.05, 0) is 55.5 Å². The lowest BCUT2D eigenvalue weighted by Gasteiger charge is -2.11. The van der Waals surface area contributed by atoms with Crippen LogP contribution in [-0.2, 0) is 11.0 Å². The molecule has 0 aliphatic heterocycles. The van der Waals surface area contributed by atoms with Crippen LogP contribution in [-0.4, -0.2) is 24.3 Å². The Kier molecular flexibility index (Phi) is 7.68. The van der Waals surface area contributed by atoms with Gasteiger partial charge in [-0.1, -0.05) is 29.8 Å². The van der Waals surface area contributed by atoms with Gasteiger partial charge in [-0.15, -0.1) is 0 Å². The first-order valence-electron chi connectivity index (χ1n) is 10.4. The molecule has 0 heterocycles. The highest BCUT2D eigenvalue weighted by Gasteiger charge is 2.30. The molecule has 0 spiro atoms. The number of rotatable bonds is 7. The molecule has 0 aromatic heterocycles. The predicted molar refractivity (Wildman–Crippen MR) is 123 cm³/mol. The number of carbonyl (C=O) groups excluding carboxylic acids is 3. The monoisotopic (exact) mass is 469 g/mol. The molecule has 3 aromatic rings. The van der Waals surface area contributed by atoms with Crippen molar-refractivity contribution >= 4 is 29.1 Å². The zero-order valence-corrected chi connectivity index (χ0v) is 18.2. The highest BCUT2D eigenvalue weighted by atomic mass is 19.4. The second-order valence-corrected chi connectivity index (χ2v) is 7.54. The Morgan fingerprint density at radius 1 is 0.765 bits per heavy atom. The maximum Gasteiger partial charge on any atom is 0.416 e. The van der Waals surface area contributed by atoms with Crippen molar-refractivity contribution in [3.63, 3.8) is 0 Å². The van der Waals surface area contributed by atoms with Gasteiger partial charge in [0.25, 0.3) is 11.8 Å². The van der Waals surface area contributed by atoms with Crippen molar-refractivity contribution in [2.75, 3.05) is 17.2 Å². The lowest BCUT2D eigenvalue weighted by molar-refractivity contribution is -0.137. The quantitative estimate of drug-likeness (QED) is 0.454. The van der Waals surface area contributed by atoms with E-state index >= 15 is 0 Å². The third kappa shape index (κ3) is 6.93. The maximum atomic E-state index is 12.9. The van der Waals surface area contributed by atoms with E-state index in [1.807, 2.05) is 13.0 Å². The number of amides is 3. The third-order valence-electron chi connectivity index (χ3n) is 4.77. The van der Waals surface area contributed by atoms with Gasteiger partial charge >= 0.3 is 6.18 Å². The molecule has 0 fully saturated rings. The summed E-state index contributed by atoms with van der Waals surface area (Å²) in [5.74, 6) is -1.29. The van der Waals surface area contributed by atoms with E-state index in [0.29, 0.717) is 11.3 Å². The zero-order chi connectivity index (χ0) is 24.7. The fourth-order valence-electron chi connectivity index (χ4n) is 3.12. The molecule has 9 heteroatoms. The van der Waals surface area contributed by atoms with Crippen LogP contribution in [0.15, 0.2) is 72.8 Å². The van der Waals surface area contributed by atoms with Crippen LogP contribution >= 0.6 is 0 Å². The van der Waals surface area contributed by atoms with Gasteiger partial charge in [0.15, 0.2) is 0 Å². The number of alkyl halides is 3. The van der Waals surface area contributed by atoms with Crippen LogP contribution in [0.5, 0.6) is 0 Å². The molecule has 0 atom stereocenters. The fraction of sp³-hybridized carbons (Fsp3) is 0.160. The molecule has 6 nitrogen and oxygen atoms in total. The Hall–Kier alpha value is -4.14. The van der Waals surface area contributed by atoms with Crippen molar-refractivity contribution in [2.24, 2.45) is 0 Å². The van der Waals surface area contributed by atoms with Crippen molar-refractivity contribution in [1.29, 1.82) is 0 Å². The van der Waals surface area contributed by atoms with E-state index < -0.39 is 17.6 Å². The summed E-state index contributed by atoms with van der Waals surface area (Å²) in [5, 5.41) is 7.72. The lowest BCUT2D eigenvalue weighted by atomic mass is 10.1. The average molecular weight is 469 g/mol. The first-order valence-corrected chi connectivity index (χ1v) is 10.4.